The average molecular weight is 363 g/mol. The molecule has 0 saturated carbocycles. The van der Waals surface area contributed by atoms with Gasteiger partial charge in [0.15, 0.2) is 0 Å². The molecule has 140 valence electrons. The van der Waals surface area contributed by atoms with E-state index in [2.05, 4.69) is 27.9 Å². The molecular formula is C22H25N3O2. The molecular weight excluding hydrogens is 338 g/mol. The standard InChI is InChI=1S/C22H25N3O2/c23-24-17-22(26)13-15-25(18-20-9-3-1-4-10-20)14-7-8-16-27-19-21-11-5-2-6-12-21/h1-12,17H,13-16,18-19H2/b8-7-. The van der Waals surface area contributed by atoms with Crippen LogP contribution in [0.15, 0.2) is 72.8 Å². The van der Waals surface area contributed by atoms with E-state index in [0.717, 1.165) is 18.3 Å². The third-order valence-corrected chi connectivity index (χ3v) is 3.98. The van der Waals surface area contributed by atoms with Crippen molar-refractivity contribution in [3.8, 4) is 0 Å². The number of ketones is 1. The van der Waals surface area contributed by atoms with E-state index in [0.29, 0.717) is 32.7 Å². The molecule has 0 N–H and O–H groups in total. The zero-order valence-electron chi connectivity index (χ0n) is 15.4. The molecule has 0 aliphatic carbocycles. The second-order valence-electron chi connectivity index (χ2n) is 6.15. The fraction of sp³-hybridized carbons (Fsp3) is 0.273. The predicted octanol–water partition coefficient (Wildman–Crippen LogP) is 3.52. The molecule has 0 aliphatic rings. The summed E-state index contributed by atoms with van der Waals surface area (Å²) in [7, 11) is 0. The largest absolute Gasteiger partial charge is 0.373 e. The van der Waals surface area contributed by atoms with Crippen molar-refractivity contribution in [2.24, 2.45) is 0 Å². The maximum absolute atomic E-state index is 11.6. The lowest BCUT2D eigenvalue weighted by atomic mass is 10.2. The molecule has 0 fully saturated rings. The van der Waals surface area contributed by atoms with E-state index in [4.69, 9.17) is 10.3 Å². The van der Waals surface area contributed by atoms with Gasteiger partial charge in [0.2, 0.25) is 5.78 Å². The number of nitrogens with zero attached hydrogens (tertiary/aromatic N) is 3. The molecule has 2 aromatic rings. The minimum Gasteiger partial charge on any atom is -0.373 e. The van der Waals surface area contributed by atoms with Gasteiger partial charge in [-0.3, -0.25) is 9.69 Å². The Kier molecular flexibility index (Phi) is 9.47. The summed E-state index contributed by atoms with van der Waals surface area (Å²) in [6.07, 6.45) is 5.32. The van der Waals surface area contributed by atoms with Gasteiger partial charge in [0.1, 0.15) is 0 Å². The Balaban J connectivity index is 1.79. The predicted molar refractivity (Wildman–Crippen MR) is 106 cm³/mol. The van der Waals surface area contributed by atoms with Crippen LogP contribution in [-0.2, 0) is 22.7 Å². The third-order valence-electron chi connectivity index (χ3n) is 3.98. The van der Waals surface area contributed by atoms with Crippen LogP contribution in [0.5, 0.6) is 0 Å². The van der Waals surface area contributed by atoms with Crippen molar-refractivity contribution < 1.29 is 14.3 Å². The molecule has 5 nitrogen and oxygen atoms in total. The van der Waals surface area contributed by atoms with Gasteiger partial charge < -0.3 is 10.3 Å². The number of ether oxygens (including phenoxy) is 1. The summed E-state index contributed by atoms with van der Waals surface area (Å²) in [6, 6.07) is 20.2. The number of rotatable bonds is 12. The molecule has 0 aromatic heterocycles. The highest BCUT2D eigenvalue weighted by Gasteiger charge is 2.09. The number of carbonyl (C=O) groups excluding carboxylic acids is 1. The van der Waals surface area contributed by atoms with Gasteiger partial charge in [0.05, 0.1) is 13.2 Å². The smallest absolute Gasteiger partial charge is 0.323 e. The Hall–Kier alpha value is -2.85. The molecule has 2 aromatic carbocycles. The molecule has 0 spiro atoms. The lowest BCUT2D eigenvalue weighted by Gasteiger charge is -2.20. The summed E-state index contributed by atoms with van der Waals surface area (Å²) >= 11 is 0. The first-order valence-corrected chi connectivity index (χ1v) is 9.01. The lowest BCUT2D eigenvalue weighted by Crippen LogP contribution is -2.26. The summed E-state index contributed by atoms with van der Waals surface area (Å²) in [4.78, 5) is 16.5. The van der Waals surface area contributed by atoms with Crippen molar-refractivity contribution in [1.82, 2.24) is 4.90 Å². The topological polar surface area (TPSA) is 65.9 Å². The summed E-state index contributed by atoms with van der Waals surface area (Å²) in [5.41, 5.74) is 10.8. The molecule has 0 aliphatic heterocycles. The first-order chi connectivity index (χ1) is 13.3. The van der Waals surface area contributed by atoms with E-state index in [-0.39, 0.29) is 5.78 Å². The Labute approximate surface area is 160 Å². The number of carbonyl (C=O) groups is 1. The van der Waals surface area contributed by atoms with Crippen LogP contribution in [0.25, 0.3) is 5.53 Å². The van der Waals surface area contributed by atoms with Crippen LogP contribution < -0.4 is 0 Å². The van der Waals surface area contributed by atoms with Gasteiger partial charge in [-0.15, -0.1) is 0 Å². The Bertz CT molecular complexity index is 754. The number of hydrogen-bond donors (Lipinski definition) is 0. The normalized spacial score (nSPS) is 10.9. The van der Waals surface area contributed by atoms with Gasteiger partial charge in [-0.05, 0) is 11.1 Å². The average Bonchev–Trinajstić information content (AvgIpc) is 2.70. The fourth-order valence-electron chi connectivity index (χ4n) is 2.58. The van der Waals surface area contributed by atoms with Crippen molar-refractivity contribution in [3.05, 3.63) is 89.5 Å². The van der Waals surface area contributed by atoms with Crippen LogP contribution in [0, 0.1) is 0 Å². The number of benzene rings is 2. The van der Waals surface area contributed by atoms with Gasteiger partial charge in [-0.25, -0.2) is 0 Å². The quantitative estimate of drug-likeness (QED) is 0.190. The van der Waals surface area contributed by atoms with Crippen molar-refractivity contribution in [2.75, 3.05) is 19.7 Å². The molecule has 0 atom stereocenters. The Morgan fingerprint density at radius 1 is 1.00 bits per heavy atom. The molecule has 0 saturated heterocycles. The highest BCUT2D eigenvalue weighted by Crippen LogP contribution is 2.06. The number of Topliss-reactive ketones (excluding diaryl/α,β-unsaturated/α-hetero) is 1. The molecule has 0 unspecified atom stereocenters. The minimum absolute atomic E-state index is 0.189. The molecule has 2 rings (SSSR count). The first-order valence-electron chi connectivity index (χ1n) is 9.01. The second-order valence-corrected chi connectivity index (χ2v) is 6.15. The molecule has 0 amide bonds. The maximum Gasteiger partial charge on any atom is 0.323 e. The van der Waals surface area contributed by atoms with Crippen LogP contribution >= 0.6 is 0 Å². The highest BCUT2D eigenvalue weighted by atomic mass is 16.5. The van der Waals surface area contributed by atoms with Crippen molar-refractivity contribution in [3.63, 3.8) is 0 Å². The van der Waals surface area contributed by atoms with E-state index < -0.39 is 0 Å². The van der Waals surface area contributed by atoms with Crippen LogP contribution in [0.2, 0.25) is 0 Å². The zero-order valence-corrected chi connectivity index (χ0v) is 15.4. The monoisotopic (exact) mass is 363 g/mol. The van der Waals surface area contributed by atoms with E-state index in [1.165, 1.54) is 5.56 Å². The summed E-state index contributed by atoms with van der Waals surface area (Å²) in [6.45, 7) is 3.19. The van der Waals surface area contributed by atoms with Gasteiger partial charge >= 0.3 is 6.21 Å². The van der Waals surface area contributed by atoms with E-state index in [9.17, 15) is 4.79 Å². The van der Waals surface area contributed by atoms with Crippen molar-refractivity contribution in [2.45, 2.75) is 19.6 Å². The molecule has 0 bridgehead atoms. The molecule has 27 heavy (non-hydrogen) atoms. The Morgan fingerprint density at radius 2 is 1.67 bits per heavy atom. The van der Waals surface area contributed by atoms with Crippen LogP contribution in [0.4, 0.5) is 0 Å². The van der Waals surface area contributed by atoms with Crippen LogP contribution in [0.3, 0.4) is 0 Å². The summed E-state index contributed by atoms with van der Waals surface area (Å²) in [5.74, 6) is -0.189. The summed E-state index contributed by atoms with van der Waals surface area (Å²) in [5, 5.41) is 0. The molecule has 0 heterocycles. The van der Waals surface area contributed by atoms with E-state index >= 15 is 0 Å². The third kappa shape index (κ3) is 8.88. The second kappa shape index (κ2) is 12.5. The zero-order chi connectivity index (χ0) is 19.2. The maximum atomic E-state index is 11.6. The van der Waals surface area contributed by atoms with Crippen molar-refractivity contribution >= 4 is 12.0 Å². The lowest BCUT2D eigenvalue weighted by molar-refractivity contribution is -0.116. The SMILES string of the molecule is [N-]=[N+]=CC(=O)CCN(C/C=C\COCc1ccccc1)Cc1ccccc1. The molecule has 0 radical (unpaired) electrons. The van der Waals surface area contributed by atoms with Gasteiger partial charge in [-0.2, -0.15) is 4.79 Å². The van der Waals surface area contributed by atoms with E-state index in [1.54, 1.807) is 0 Å². The fourth-order valence-corrected chi connectivity index (χ4v) is 2.58. The first kappa shape index (κ1) is 20.5. The van der Waals surface area contributed by atoms with Gasteiger partial charge in [0, 0.05) is 26.1 Å². The Morgan fingerprint density at radius 3 is 2.33 bits per heavy atom. The minimum atomic E-state index is -0.189. The highest BCUT2D eigenvalue weighted by molar-refractivity contribution is 6.25. The van der Waals surface area contributed by atoms with Crippen LogP contribution in [-0.4, -0.2) is 41.4 Å². The van der Waals surface area contributed by atoms with Gasteiger partial charge in [0.25, 0.3) is 0 Å². The van der Waals surface area contributed by atoms with Crippen LogP contribution in [0.1, 0.15) is 17.5 Å². The number of hydrogen-bond acceptors (Lipinski definition) is 3. The van der Waals surface area contributed by atoms with E-state index in [1.807, 2.05) is 54.6 Å². The van der Waals surface area contributed by atoms with Crippen molar-refractivity contribution in [1.29, 1.82) is 0 Å². The summed E-state index contributed by atoms with van der Waals surface area (Å²) < 4.78 is 5.65. The molecule has 5 heteroatoms. The van der Waals surface area contributed by atoms with Gasteiger partial charge in [-0.1, -0.05) is 72.8 Å².